The highest BCUT2D eigenvalue weighted by atomic mass is 16.1. The molecule has 0 aliphatic carbocycles. The second-order valence-corrected chi connectivity index (χ2v) is 6.48. The maximum Gasteiger partial charge on any atom is 0.255 e. The van der Waals surface area contributed by atoms with Crippen molar-refractivity contribution in [2.45, 2.75) is 46.7 Å². The maximum absolute atomic E-state index is 12.7. The number of aromatic nitrogens is 1. The Kier molecular flexibility index (Phi) is 5.19. The van der Waals surface area contributed by atoms with Gasteiger partial charge in [-0.05, 0) is 43.4 Å². The number of benzene rings is 1. The predicted molar refractivity (Wildman–Crippen MR) is 92.1 cm³/mol. The van der Waals surface area contributed by atoms with E-state index in [0.29, 0.717) is 11.5 Å². The van der Waals surface area contributed by atoms with Crippen molar-refractivity contribution >= 4 is 0 Å². The number of nitrogens with two attached hydrogens (primary N) is 1. The summed E-state index contributed by atoms with van der Waals surface area (Å²) in [5.41, 5.74) is 10.4. The van der Waals surface area contributed by atoms with Crippen molar-refractivity contribution in [2.24, 2.45) is 11.7 Å². The zero-order valence-electron chi connectivity index (χ0n) is 14.0. The summed E-state index contributed by atoms with van der Waals surface area (Å²) < 4.78 is 1.78. The molecule has 2 rings (SSSR count). The number of pyridine rings is 1. The number of aryl methyl sites for hydroxylation is 3. The van der Waals surface area contributed by atoms with Crippen molar-refractivity contribution in [3.63, 3.8) is 0 Å². The Morgan fingerprint density at radius 2 is 1.86 bits per heavy atom. The highest BCUT2D eigenvalue weighted by molar-refractivity contribution is 5.37. The minimum absolute atomic E-state index is 0.0237. The Balaban J connectivity index is 2.35. The zero-order valence-corrected chi connectivity index (χ0v) is 14.0. The van der Waals surface area contributed by atoms with Crippen molar-refractivity contribution in [2.75, 3.05) is 0 Å². The lowest BCUT2D eigenvalue weighted by Gasteiger charge is -2.17. The summed E-state index contributed by atoms with van der Waals surface area (Å²) in [6.45, 7) is 9.17. The molecule has 22 heavy (non-hydrogen) atoms. The summed E-state index contributed by atoms with van der Waals surface area (Å²) in [7, 11) is 0. The van der Waals surface area contributed by atoms with Crippen molar-refractivity contribution in [3.8, 4) is 0 Å². The van der Waals surface area contributed by atoms with E-state index in [0.717, 1.165) is 24.1 Å². The lowest BCUT2D eigenvalue weighted by Crippen LogP contribution is -2.29. The molecular formula is C19H26N2O. The molecule has 0 saturated heterocycles. The van der Waals surface area contributed by atoms with E-state index in [9.17, 15) is 4.79 Å². The van der Waals surface area contributed by atoms with Gasteiger partial charge in [0.1, 0.15) is 0 Å². The molecule has 118 valence electrons. The monoisotopic (exact) mass is 298 g/mol. The molecule has 0 bridgehead atoms. The second-order valence-electron chi connectivity index (χ2n) is 6.48. The van der Waals surface area contributed by atoms with Crippen molar-refractivity contribution in [1.29, 1.82) is 0 Å². The van der Waals surface area contributed by atoms with Crippen LogP contribution in [0.3, 0.4) is 0 Å². The van der Waals surface area contributed by atoms with Crippen LogP contribution in [-0.2, 0) is 6.54 Å². The van der Waals surface area contributed by atoms with Gasteiger partial charge in [-0.3, -0.25) is 4.79 Å². The van der Waals surface area contributed by atoms with Crippen LogP contribution in [0.1, 0.15) is 48.6 Å². The molecule has 0 aliphatic rings. The van der Waals surface area contributed by atoms with Crippen LogP contribution in [0.25, 0.3) is 0 Å². The minimum atomic E-state index is -0.375. The molecule has 2 aromatic rings. The normalized spacial score (nSPS) is 12.6. The third-order valence-corrected chi connectivity index (χ3v) is 4.09. The SMILES string of the molecule is Cc1ccc(C(N)c2cccn(CCC(C)C)c2=O)c(C)c1. The Hall–Kier alpha value is -1.87. The molecule has 0 aliphatic heterocycles. The van der Waals surface area contributed by atoms with Gasteiger partial charge in [-0.15, -0.1) is 0 Å². The maximum atomic E-state index is 12.7. The Labute approximate surface area is 132 Å². The van der Waals surface area contributed by atoms with E-state index in [2.05, 4.69) is 26.8 Å². The molecule has 1 heterocycles. The second kappa shape index (κ2) is 6.93. The first kappa shape index (κ1) is 16.5. The van der Waals surface area contributed by atoms with Gasteiger partial charge in [0.15, 0.2) is 0 Å². The molecule has 3 nitrogen and oxygen atoms in total. The first-order valence-electron chi connectivity index (χ1n) is 7.92. The average molecular weight is 298 g/mol. The van der Waals surface area contributed by atoms with Gasteiger partial charge < -0.3 is 10.3 Å². The third-order valence-electron chi connectivity index (χ3n) is 4.09. The van der Waals surface area contributed by atoms with Crippen molar-refractivity contribution in [3.05, 3.63) is 69.1 Å². The van der Waals surface area contributed by atoms with Crippen LogP contribution in [-0.4, -0.2) is 4.57 Å². The molecule has 0 amide bonds. The predicted octanol–water partition coefficient (Wildman–Crippen LogP) is 3.56. The van der Waals surface area contributed by atoms with Crippen LogP contribution >= 0.6 is 0 Å². The van der Waals surface area contributed by atoms with Gasteiger partial charge in [0.25, 0.3) is 5.56 Å². The Bertz CT molecular complexity index is 701. The van der Waals surface area contributed by atoms with E-state index in [1.807, 2.05) is 37.4 Å². The van der Waals surface area contributed by atoms with E-state index >= 15 is 0 Å². The van der Waals surface area contributed by atoms with E-state index in [-0.39, 0.29) is 11.6 Å². The fourth-order valence-corrected chi connectivity index (χ4v) is 2.71. The van der Waals surface area contributed by atoms with Crippen LogP contribution in [0.2, 0.25) is 0 Å². The number of nitrogens with zero attached hydrogens (tertiary/aromatic N) is 1. The molecule has 2 N–H and O–H groups in total. The van der Waals surface area contributed by atoms with Gasteiger partial charge in [-0.2, -0.15) is 0 Å². The molecule has 1 aromatic carbocycles. The van der Waals surface area contributed by atoms with Gasteiger partial charge in [0.05, 0.1) is 6.04 Å². The summed E-state index contributed by atoms with van der Waals surface area (Å²) in [6.07, 6.45) is 2.84. The van der Waals surface area contributed by atoms with Crippen molar-refractivity contribution in [1.82, 2.24) is 4.57 Å². The number of rotatable bonds is 5. The number of hydrogen-bond acceptors (Lipinski definition) is 2. The first-order valence-corrected chi connectivity index (χ1v) is 7.92. The zero-order chi connectivity index (χ0) is 16.3. The van der Waals surface area contributed by atoms with Crippen molar-refractivity contribution < 1.29 is 0 Å². The van der Waals surface area contributed by atoms with Crippen LogP contribution in [0, 0.1) is 19.8 Å². The van der Waals surface area contributed by atoms with Gasteiger partial charge >= 0.3 is 0 Å². The molecule has 1 aromatic heterocycles. The van der Waals surface area contributed by atoms with E-state index < -0.39 is 0 Å². The summed E-state index contributed by atoms with van der Waals surface area (Å²) in [4.78, 5) is 12.7. The summed E-state index contributed by atoms with van der Waals surface area (Å²) >= 11 is 0. The largest absolute Gasteiger partial charge is 0.320 e. The molecule has 1 unspecified atom stereocenters. The molecule has 1 atom stereocenters. The molecular weight excluding hydrogens is 272 g/mol. The summed E-state index contributed by atoms with van der Waals surface area (Å²) in [5.74, 6) is 0.573. The lowest BCUT2D eigenvalue weighted by molar-refractivity contribution is 0.505. The molecule has 0 radical (unpaired) electrons. The first-order chi connectivity index (χ1) is 10.4. The summed E-state index contributed by atoms with van der Waals surface area (Å²) in [5, 5.41) is 0. The Morgan fingerprint density at radius 3 is 2.50 bits per heavy atom. The number of hydrogen-bond donors (Lipinski definition) is 1. The summed E-state index contributed by atoms with van der Waals surface area (Å²) in [6, 6.07) is 9.57. The smallest absolute Gasteiger partial charge is 0.255 e. The van der Waals surface area contributed by atoms with E-state index in [4.69, 9.17) is 5.73 Å². The van der Waals surface area contributed by atoms with E-state index in [1.165, 1.54) is 5.56 Å². The third kappa shape index (κ3) is 3.66. The quantitative estimate of drug-likeness (QED) is 0.917. The van der Waals surface area contributed by atoms with Gasteiger partial charge in [-0.1, -0.05) is 43.7 Å². The van der Waals surface area contributed by atoms with Crippen LogP contribution < -0.4 is 11.3 Å². The molecule has 3 heteroatoms. The van der Waals surface area contributed by atoms with E-state index in [1.54, 1.807) is 4.57 Å². The highest BCUT2D eigenvalue weighted by Crippen LogP contribution is 2.21. The van der Waals surface area contributed by atoms with Crippen LogP contribution in [0.4, 0.5) is 0 Å². The minimum Gasteiger partial charge on any atom is -0.320 e. The molecule has 0 fully saturated rings. The van der Waals surface area contributed by atoms with Crippen LogP contribution in [0.5, 0.6) is 0 Å². The van der Waals surface area contributed by atoms with Crippen LogP contribution in [0.15, 0.2) is 41.3 Å². The van der Waals surface area contributed by atoms with Gasteiger partial charge in [0.2, 0.25) is 0 Å². The fraction of sp³-hybridized carbons (Fsp3) is 0.421. The average Bonchev–Trinajstić information content (AvgIpc) is 2.45. The Morgan fingerprint density at radius 1 is 1.14 bits per heavy atom. The molecule has 0 spiro atoms. The lowest BCUT2D eigenvalue weighted by atomic mass is 9.95. The van der Waals surface area contributed by atoms with Gasteiger partial charge in [-0.25, -0.2) is 0 Å². The fourth-order valence-electron chi connectivity index (χ4n) is 2.71. The van der Waals surface area contributed by atoms with Gasteiger partial charge in [0, 0.05) is 18.3 Å². The topological polar surface area (TPSA) is 48.0 Å². The highest BCUT2D eigenvalue weighted by Gasteiger charge is 2.16. The molecule has 0 saturated carbocycles. The standard InChI is InChI=1S/C19H26N2O/c1-13(2)9-11-21-10-5-6-17(19(21)22)18(20)16-8-7-14(3)12-15(16)4/h5-8,10,12-13,18H,9,11,20H2,1-4H3.